The summed E-state index contributed by atoms with van der Waals surface area (Å²) in [6, 6.07) is 2.49. The first-order valence-electron chi connectivity index (χ1n) is 7.79. The normalized spacial score (nSPS) is 25.1. The van der Waals surface area contributed by atoms with Crippen LogP contribution in [0.3, 0.4) is 0 Å². The fourth-order valence-electron chi connectivity index (χ4n) is 3.51. The highest BCUT2D eigenvalue weighted by atomic mass is 32.1. The molecule has 3 heterocycles. The SMILES string of the molecule is C[C@@H]1C[C@@H](C)CN(C[C@@H](C)Nc2ncnc3sccc23)C1. The summed E-state index contributed by atoms with van der Waals surface area (Å²) in [5.41, 5.74) is 0. The van der Waals surface area contributed by atoms with Gasteiger partial charge in [-0.15, -0.1) is 11.3 Å². The lowest BCUT2D eigenvalue weighted by Crippen LogP contribution is -2.43. The molecule has 0 amide bonds. The molecule has 1 saturated heterocycles. The Morgan fingerprint density at radius 1 is 1.33 bits per heavy atom. The molecule has 4 nitrogen and oxygen atoms in total. The molecule has 5 heteroatoms. The molecule has 1 aliphatic rings. The number of thiophene rings is 1. The van der Waals surface area contributed by atoms with Crippen molar-refractivity contribution < 1.29 is 0 Å². The molecule has 0 unspecified atom stereocenters. The van der Waals surface area contributed by atoms with E-state index >= 15 is 0 Å². The molecular formula is C16H24N4S. The van der Waals surface area contributed by atoms with E-state index in [1.54, 1.807) is 17.7 Å². The monoisotopic (exact) mass is 304 g/mol. The molecule has 114 valence electrons. The fourth-order valence-corrected chi connectivity index (χ4v) is 4.25. The van der Waals surface area contributed by atoms with Gasteiger partial charge in [0.05, 0.1) is 5.39 Å². The molecule has 0 aromatic carbocycles. The van der Waals surface area contributed by atoms with Gasteiger partial charge in [0.2, 0.25) is 0 Å². The van der Waals surface area contributed by atoms with Crippen molar-refractivity contribution in [3.63, 3.8) is 0 Å². The summed E-state index contributed by atoms with van der Waals surface area (Å²) in [6.45, 7) is 10.5. The Morgan fingerprint density at radius 2 is 2.10 bits per heavy atom. The lowest BCUT2D eigenvalue weighted by molar-refractivity contribution is 0.138. The van der Waals surface area contributed by atoms with Crippen LogP contribution in [-0.4, -0.2) is 40.5 Å². The minimum atomic E-state index is 0.389. The molecule has 1 fully saturated rings. The van der Waals surface area contributed by atoms with Crippen molar-refractivity contribution in [3.05, 3.63) is 17.8 Å². The lowest BCUT2D eigenvalue weighted by atomic mass is 9.92. The number of nitrogens with one attached hydrogen (secondary N) is 1. The Kier molecular flexibility index (Phi) is 4.40. The molecule has 2 aromatic heterocycles. The van der Waals surface area contributed by atoms with Gasteiger partial charge in [0.15, 0.2) is 0 Å². The molecule has 1 aliphatic heterocycles. The highest BCUT2D eigenvalue weighted by Gasteiger charge is 2.23. The summed E-state index contributed by atoms with van der Waals surface area (Å²) >= 11 is 1.66. The van der Waals surface area contributed by atoms with Crippen LogP contribution in [-0.2, 0) is 0 Å². The topological polar surface area (TPSA) is 41.0 Å². The second kappa shape index (κ2) is 6.28. The number of hydrogen-bond donors (Lipinski definition) is 1. The third kappa shape index (κ3) is 3.52. The van der Waals surface area contributed by atoms with Crippen LogP contribution in [0.2, 0.25) is 0 Å². The Morgan fingerprint density at radius 3 is 2.86 bits per heavy atom. The van der Waals surface area contributed by atoms with Gasteiger partial charge in [-0.05, 0) is 36.6 Å². The third-order valence-corrected chi connectivity index (χ3v) is 4.94. The smallest absolute Gasteiger partial charge is 0.138 e. The zero-order valence-corrected chi connectivity index (χ0v) is 13.9. The first-order valence-corrected chi connectivity index (χ1v) is 8.67. The van der Waals surface area contributed by atoms with Crippen LogP contribution in [0, 0.1) is 11.8 Å². The number of nitrogens with zero attached hydrogens (tertiary/aromatic N) is 3. The highest BCUT2D eigenvalue weighted by Crippen LogP contribution is 2.25. The van der Waals surface area contributed by atoms with Gasteiger partial charge in [-0.1, -0.05) is 13.8 Å². The maximum absolute atomic E-state index is 4.41. The average molecular weight is 304 g/mol. The molecule has 0 saturated carbocycles. The van der Waals surface area contributed by atoms with Crippen molar-refractivity contribution in [3.8, 4) is 0 Å². The van der Waals surface area contributed by atoms with Crippen LogP contribution in [0.5, 0.6) is 0 Å². The molecule has 2 aromatic rings. The molecular weight excluding hydrogens is 280 g/mol. The molecule has 1 N–H and O–H groups in total. The van der Waals surface area contributed by atoms with Gasteiger partial charge < -0.3 is 10.2 Å². The van der Waals surface area contributed by atoms with E-state index in [-0.39, 0.29) is 0 Å². The quantitative estimate of drug-likeness (QED) is 0.939. The van der Waals surface area contributed by atoms with Gasteiger partial charge >= 0.3 is 0 Å². The van der Waals surface area contributed by atoms with E-state index in [2.05, 4.69) is 52.4 Å². The summed E-state index contributed by atoms with van der Waals surface area (Å²) in [7, 11) is 0. The zero-order valence-electron chi connectivity index (χ0n) is 13.0. The highest BCUT2D eigenvalue weighted by molar-refractivity contribution is 7.16. The summed E-state index contributed by atoms with van der Waals surface area (Å²) in [4.78, 5) is 12.4. The largest absolute Gasteiger partial charge is 0.366 e. The van der Waals surface area contributed by atoms with E-state index < -0.39 is 0 Å². The van der Waals surface area contributed by atoms with Crippen molar-refractivity contribution in [2.45, 2.75) is 33.2 Å². The van der Waals surface area contributed by atoms with Crippen molar-refractivity contribution in [1.82, 2.24) is 14.9 Å². The fraction of sp³-hybridized carbons (Fsp3) is 0.625. The number of likely N-dealkylation sites (tertiary alicyclic amines) is 1. The van der Waals surface area contributed by atoms with E-state index in [1.165, 1.54) is 19.5 Å². The molecule has 3 rings (SSSR count). The second-order valence-electron chi connectivity index (χ2n) is 6.57. The molecule has 0 aliphatic carbocycles. The van der Waals surface area contributed by atoms with Crippen LogP contribution in [0.4, 0.5) is 5.82 Å². The van der Waals surface area contributed by atoms with Crippen LogP contribution < -0.4 is 5.32 Å². The van der Waals surface area contributed by atoms with Crippen molar-refractivity contribution in [2.75, 3.05) is 25.0 Å². The van der Waals surface area contributed by atoms with Gasteiger partial charge in [0.25, 0.3) is 0 Å². The summed E-state index contributed by atoms with van der Waals surface area (Å²) < 4.78 is 0. The number of piperidine rings is 1. The second-order valence-corrected chi connectivity index (χ2v) is 7.47. The standard InChI is InChI=1S/C16H24N4S/c1-11-6-12(2)8-20(7-11)9-13(3)19-15-14-4-5-21-16(14)18-10-17-15/h4-5,10-13H,6-9H2,1-3H3,(H,17,18,19)/t11-,12-,13-/m1/s1. The van der Waals surface area contributed by atoms with Crippen LogP contribution >= 0.6 is 11.3 Å². The number of hydrogen-bond acceptors (Lipinski definition) is 5. The third-order valence-electron chi connectivity index (χ3n) is 4.12. The summed E-state index contributed by atoms with van der Waals surface area (Å²) in [5, 5.41) is 6.77. The maximum Gasteiger partial charge on any atom is 0.138 e. The molecule has 3 atom stereocenters. The Labute approximate surface area is 130 Å². The van der Waals surface area contributed by atoms with Gasteiger partial charge in [-0.25, -0.2) is 9.97 Å². The minimum absolute atomic E-state index is 0.389. The van der Waals surface area contributed by atoms with Gasteiger partial charge in [0.1, 0.15) is 17.0 Å². The number of anilines is 1. The van der Waals surface area contributed by atoms with E-state index in [4.69, 9.17) is 0 Å². The van der Waals surface area contributed by atoms with E-state index in [1.807, 2.05) is 0 Å². The summed E-state index contributed by atoms with van der Waals surface area (Å²) in [5.74, 6) is 2.58. The predicted octanol–water partition coefficient (Wildman–Crippen LogP) is 3.47. The first kappa shape index (κ1) is 14.7. The van der Waals surface area contributed by atoms with Gasteiger partial charge in [-0.3, -0.25) is 0 Å². The minimum Gasteiger partial charge on any atom is -0.366 e. The van der Waals surface area contributed by atoms with Crippen LogP contribution in [0.15, 0.2) is 17.8 Å². The van der Waals surface area contributed by atoms with Gasteiger partial charge in [0, 0.05) is 25.7 Å². The van der Waals surface area contributed by atoms with E-state index in [0.717, 1.165) is 34.4 Å². The van der Waals surface area contributed by atoms with Crippen LogP contribution in [0.25, 0.3) is 10.2 Å². The maximum atomic E-state index is 4.41. The predicted molar refractivity (Wildman–Crippen MR) is 89.9 cm³/mol. The first-order chi connectivity index (χ1) is 10.1. The van der Waals surface area contributed by atoms with E-state index in [0.29, 0.717) is 6.04 Å². The Balaban J connectivity index is 1.63. The Hall–Kier alpha value is -1.20. The number of rotatable bonds is 4. The van der Waals surface area contributed by atoms with Crippen LogP contribution in [0.1, 0.15) is 27.2 Å². The molecule has 0 spiro atoms. The summed E-state index contributed by atoms with van der Waals surface area (Å²) in [6.07, 6.45) is 3.01. The average Bonchev–Trinajstić information content (AvgIpc) is 2.86. The molecule has 21 heavy (non-hydrogen) atoms. The number of aromatic nitrogens is 2. The molecule has 0 radical (unpaired) electrons. The lowest BCUT2D eigenvalue weighted by Gasteiger charge is -2.36. The van der Waals surface area contributed by atoms with E-state index in [9.17, 15) is 0 Å². The van der Waals surface area contributed by atoms with Gasteiger partial charge in [-0.2, -0.15) is 0 Å². The number of fused-ring (bicyclic) bond motifs is 1. The van der Waals surface area contributed by atoms with Crippen molar-refractivity contribution in [1.29, 1.82) is 0 Å². The zero-order chi connectivity index (χ0) is 14.8. The Bertz CT molecular complexity index is 587. The van der Waals surface area contributed by atoms with Crippen molar-refractivity contribution in [2.24, 2.45) is 11.8 Å². The van der Waals surface area contributed by atoms with Crippen molar-refractivity contribution >= 4 is 27.4 Å². The molecule has 0 bridgehead atoms.